The van der Waals surface area contributed by atoms with Gasteiger partial charge in [-0.05, 0) is 125 Å². The zero-order chi connectivity index (χ0) is 62.7. The van der Waals surface area contributed by atoms with Gasteiger partial charge in [0, 0.05) is 55.6 Å². The van der Waals surface area contributed by atoms with Gasteiger partial charge in [0.25, 0.3) is 0 Å². The topological polar surface area (TPSA) is 377 Å². The Bertz CT molecular complexity index is 2670. The maximum absolute atomic E-state index is 14.7. The van der Waals surface area contributed by atoms with Crippen LogP contribution < -0.4 is 49.1 Å². The van der Waals surface area contributed by atoms with Gasteiger partial charge in [-0.2, -0.15) is 0 Å². The van der Waals surface area contributed by atoms with Crippen molar-refractivity contribution in [1.29, 1.82) is 0 Å². The van der Waals surface area contributed by atoms with Gasteiger partial charge in [0.15, 0.2) is 29.1 Å². The highest BCUT2D eigenvalue weighted by Gasteiger charge is 2.36. The molecule has 22 nitrogen and oxygen atoms in total. The van der Waals surface area contributed by atoms with Crippen LogP contribution in [0.5, 0.6) is 11.5 Å². The number of rotatable bonds is 37. The van der Waals surface area contributed by atoms with Gasteiger partial charge in [-0.25, -0.2) is 4.79 Å². The molecule has 0 heterocycles. The number of Topliss-reactive ketones (excluding diaryl/α,β-unsaturated/α-hetero) is 4. The van der Waals surface area contributed by atoms with E-state index < -0.39 is 120 Å². The normalized spacial score (nSPS) is 14.1. The van der Waals surface area contributed by atoms with E-state index in [1.165, 1.54) is 24.3 Å². The van der Waals surface area contributed by atoms with Crippen LogP contribution in [0.15, 0.2) is 83.9 Å². The number of amides is 6. The number of nitrogens with one attached hydrogen (secondary N) is 6. The summed E-state index contributed by atoms with van der Waals surface area (Å²) in [7, 11) is 0. The number of hydrogen-bond acceptors (Lipinski definition) is 14. The number of primary amides is 1. The summed E-state index contributed by atoms with van der Waals surface area (Å²) in [6, 6.07) is 15.5. The van der Waals surface area contributed by atoms with Crippen LogP contribution in [0.2, 0.25) is 0 Å². The number of aliphatic imine (C=N–C) groups is 1. The molecule has 0 saturated carbocycles. The summed E-state index contributed by atoms with van der Waals surface area (Å²) in [5, 5.41) is 47.3. The first kappa shape index (κ1) is 70.5. The van der Waals surface area contributed by atoms with E-state index in [0.29, 0.717) is 30.4 Å². The van der Waals surface area contributed by atoms with Gasteiger partial charge in [0.1, 0.15) is 17.5 Å². The molecular formula is C62H92N10O12. The SMILES string of the molecule is CC(C)C[C@H](NC(=O)[C@@H](CC(=O)[C@H](CCc1ccccc1)NC(=O)CCC(=O)[C@H](CCCNC(N)=O)NC(=O)[C@H](CO)CC(=O)[C@H](CCCN=C(N)N)NC(C)(C)C)Cc1ccc(O)cc1)C(=O)N[C@@H](Cc1ccc(O)cc1)C(=O)C(C)(C)C. The van der Waals surface area contributed by atoms with Crippen LogP contribution >= 0.6 is 0 Å². The number of guanidine groups is 1. The summed E-state index contributed by atoms with van der Waals surface area (Å²) < 4.78 is 0. The number of hydrogen-bond donors (Lipinski definition) is 12. The average Bonchev–Trinajstić information content (AvgIpc) is 3.60. The van der Waals surface area contributed by atoms with E-state index in [1.807, 2.05) is 65.0 Å². The van der Waals surface area contributed by atoms with Gasteiger partial charge in [-0.1, -0.05) is 89.2 Å². The highest BCUT2D eigenvalue weighted by molar-refractivity contribution is 5.98. The molecule has 0 unspecified atom stereocenters. The van der Waals surface area contributed by atoms with Gasteiger partial charge in [-0.15, -0.1) is 0 Å². The predicted molar refractivity (Wildman–Crippen MR) is 321 cm³/mol. The number of aryl methyl sites for hydroxylation is 1. The molecule has 0 radical (unpaired) electrons. The van der Waals surface area contributed by atoms with E-state index in [9.17, 15) is 58.5 Å². The minimum Gasteiger partial charge on any atom is -0.508 e. The number of aliphatic hydroxyl groups is 1. The van der Waals surface area contributed by atoms with Crippen molar-refractivity contribution in [3.8, 4) is 11.5 Å². The van der Waals surface area contributed by atoms with Crippen molar-refractivity contribution in [2.24, 2.45) is 45.4 Å². The molecule has 3 rings (SSSR count). The molecule has 22 heteroatoms. The second-order valence-corrected chi connectivity index (χ2v) is 24.0. The second-order valence-electron chi connectivity index (χ2n) is 24.0. The number of nitrogens with zero attached hydrogens (tertiary/aromatic N) is 1. The predicted octanol–water partition coefficient (Wildman–Crippen LogP) is 3.87. The van der Waals surface area contributed by atoms with Crippen LogP contribution in [-0.4, -0.2) is 130 Å². The molecule has 0 aliphatic rings. The molecule has 0 fully saturated rings. The molecule has 15 N–H and O–H groups in total. The van der Waals surface area contributed by atoms with E-state index in [-0.39, 0.29) is 93.0 Å². The molecule has 0 saturated heterocycles. The Labute approximate surface area is 494 Å². The largest absolute Gasteiger partial charge is 0.508 e. The van der Waals surface area contributed by atoms with Crippen molar-refractivity contribution in [2.45, 2.75) is 175 Å². The van der Waals surface area contributed by atoms with E-state index >= 15 is 0 Å². The zero-order valence-corrected chi connectivity index (χ0v) is 50.1. The monoisotopic (exact) mass is 1170 g/mol. The summed E-state index contributed by atoms with van der Waals surface area (Å²) in [6.45, 7) is 14.1. The van der Waals surface area contributed by atoms with Crippen molar-refractivity contribution in [2.75, 3.05) is 19.7 Å². The molecule has 84 heavy (non-hydrogen) atoms. The highest BCUT2D eigenvalue weighted by atomic mass is 16.3. The fourth-order valence-corrected chi connectivity index (χ4v) is 9.46. The van der Waals surface area contributed by atoms with Crippen molar-refractivity contribution >= 4 is 58.8 Å². The van der Waals surface area contributed by atoms with E-state index in [2.05, 4.69) is 36.9 Å². The summed E-state index contributed by atoms with van der Waals surface area (Å²) in [6.07, 6.45) is -0.0651. The first-order valence-corrected chi connectivity index (χ1v) is 28.8. The minimum absolute atomic E-state index is 0.0177. The van der Waals surface area contributed by atoms with Crippen molar-refractivity contribution in [3.63, 3.8) is 0 Å². The third-order valence-corrected chi connectivity index (χ3v) is 13.9. The Hall–Kier alpha value is -7.72. The zero-order valence-electron chi connectivity index (χ0n) is 50.1. The van der Waals surface area contributed by atoms with Crippen LogP contribution in [0, 0.1) is 23.2 Å². The Morgan fingerprint density at radius 2 is 1.08 bits per heavy atom. The second kappa shape index (κ2) is 34.8. The Morgan fingerprint density at radius 3 is 1.63 bits per heavy atom. The van der Waals surface area contributed by atoms with E-state index in [0.717, 1.165) is 5.56 Å². The molecule has 7 atom stereocenters. The number of phenolic OH excluding ortho intramolecular Hbond substituents is 2. The number of phenols is 2. The highest BCUT2D eigenvalue weighted by Crippen LogP contribution is 2.23. The van der Waals surface area contributed by atoms with Gasteiger partial charge in [0.2, 0.25) is 23.6 Å². The fraction of sp³-hybridized carbons (Fsp3) is 0.548. The molecule has 462 valence electrons. The number of urea groups is 1. The quantitative estimate of drug-likeness (QED) is 0.0222. The molecule has 0 aliphatic heterocycles. The average molecular weight is 1170 g/mol. The van der Waals surface area contributed by atoms with Crippen molar-refractivity contribution in [3.05, 3.63) is 95.6 Å². The summed E-state index contributed by atoms with van der Waals surface area (Å²) >= 11 is 0. The van der Waals surface area contributed by atoms with Gasteiger partial charge in [-0.3, -0.25) is 43.3 Å². The van der Waals surface area contributed by atoms with Crippen LogP contribution in [0.25, 0.3) is 0 Å². The van der Waals surface area contributed by atoms with Gasteiger partial charge < -0.3 is 64.4 Å². The Morgan fingerprint density at radius 1 is 0.560 bits per heavy atom. The van der Waals surface area contributed by atoms with Crippen molar-refractivity contribution in [1.82, 2.24) is 31.9 Å². The lowest BCUT2D eigenvalue weighted by molar-refractivity contribution is -0.136. The standard InChI is InChI=1S/C62H92N10O12/c1-38(2)32-50(58(83)70-49(55(80)61(3,4)5)34-41-20-25-45(75)26-21-41)71-56(81)42(33-40-18-23-44(74)24-19-40)35-52(77)47(27-22-39-14-10-9-11-15-39)68-54(79)29-28-51(76)46(16-12-31-67-60(65)84)69-57(82)43(37-73)36-53(78)48(72-62(6,7)8)17-13-30-66-59(63)64/h9-11,14-15,18-21,23-26,38,42-43,46-50,72-75H,12-13,16-17,22,27-37H2,1-8H3,(H,68,79)(H,69,82)(H,70,83)(H,71,81)(H4,63,64,66)(H3,65,67,84)/t42-,43+,46+,47+,48+,49+,50+/m1/s1. The number of benzene rings is 3. The number of nitrogens with two attached hydrogens (primary N) is 3. The van der Waals surface area contributed by atoms with Gasteiger partial charge >= 0.3 is 6.03 Å². The molecule has 0 spiro atoms. The van der Waals surface area contributed by atoms with E-state index in [4.69, 9.17) is 17.2 Å². The molecule has 3 aromatic rings. The lowest BCUT2D eigenvalue weighted by Crippen LogP contribution is -2.55. The third-order valence-electron chi connectivity index (χ3n) is 13.9. The van der Waals surface area contributed by atoms with Crippen LogP contribution in [0.4, 0.5) is 4.79 Å². The number of ketones is 4. The van der Waals surface area contributed by atoms with Crippen molar-refractivity contribution < 1.29 is 58.5 Å². The summed E-state index contributed by atoms with van der Waals surface area (Å²) in [5.74, 6) is -7.05. The first-order chi connectivity index (χ1) is 39.4. The summed E-state index contributed by atoms with van der Waals surface area (Å²) in [4.78, 5) is 128. The minimum atomic E-state index is -1.25. The van der Waals surface area contributed by atoms with E-state index in [1.54, 1.807) is 45.0 Å². The van der Waals surface area contributed by atoms with Crippen LogP contribution in [-0.2, 0) is 57.6 Å². The Balaban J connectivity index is 1.90. The third kappa shape index (κ3) is 27.1. The molecule has 0 aliphatic carbocycles. The van der Waals surface area contributed by atoms with Crippen LogP contribution in [0.1, 0.15) is 136 Å². The summed E-state index contributed by atoms with van der Waals surface area (Å²) in [5.41, 5.74) is 16.9. The molecule has 6 amide bonds. The lowest BCUT2D eigenvalue weighted by atomic mass is 9.84. The maximum atomic E-state index is 14.7. The molecule has 3 aromatic carbocycles. The fourth-order valence-electron chi connectivity index (χ4n) is 9.46. The maximum Gasteiger partial charge on any atom is 0.312 e. The van der Waals surface area contributed by atoms with Gasteiger partial charge in [0.05, 0.1) is 36.7 Å². The number of carbonyl (C=O) groups excluding carboxylic acids is 9. The molecular weight excluding hydrogens is 1080 g/mol. The number of aromatic hydroxyl groups is 2. The Kier molecular flexibility index (Phi) is 29.2. The lowest BCUT2D eigenvalue weighted by Gasteiger charge is -2.29. The molecule has 0 bridgehead atoms. The molecule has 0 aromatic heterocycles. The smallest absolute Gasteiger partial charge is 0.312 e. The number of carbonyl (C=O) groups is 9. The number of aliphatic hydroxyl groups excluding tert-OH is 1. The first-order valence-electron chi connectivity index (χ1n) is 28.8. The van der Waals surface area contributed by atoms with Crippen LogP contribution in [0.3, 0.4) is 0 Å².